The van der Waals surface area contributed by atoms with Gasteiger partial charge in [0, 0.05) is 24.8 Å². The first-order valence-electron chi connectivity index (χ1n) is 10.6. The van der Waals surface area contributed by atoms with Gasteiger partial charge in [0.05, 0.1) is 4.90 Å². The maximum atomic E-state index is 13.0. The average Bonchev–Trinajstić information content (AvgIpc) is 3.26. The van der Waals surface area contributed by atoms with E-state index in [2.05, 4.69) is 10.6 Å². The topological polar surface area (TPSA) is 122 Å². The number of nitrogens with one attached hydrogen (secondary N) is 2. The summed E-state index contributed by atoms with van der Waals surface area (Å²) in [4.78, 5) is 36.4. The van der Waals surface area contributed by atoms with Crippen molar-refractivity contribution in [2.75, 3.05) is 17.2 Å². The molecule has 0 spiro atoms. The molecule has 33 heavy (non-hydrogen) atoms. The van der Waals surface area contributed by atoms with Crippen molar-refractivity contribution in [3.63, 3.8) is 0 Å². The monoisotopic (exact) mass is 473 g/mol. The van der Waals surface area contributed by atoms with Crippen molar-refractivity contribution in [3.05, 3.63) is 54.1 Å². The molecule has 2 amide bonds. The third-order valence-corrected chi connectivity index (χ3v) is 7.16. The number of esters is 1. The smallest absolute Gasteiger partial charge is 0.325 e. The lowest BCUT2D eigenvalue weighted by molar-refractivity contribution is -0.156. The molecule has 2 N–H and O–H groups in total. The highest BCUT2D eigenvalue weighted by molar-refractivity contribution is 7.89. The summed E-state index contributed by atoms with van der Waals surface area (Å²) in [6.07, 6.45) is -0.286. The third-order valence-electron chi connectivity index (χ3n) is 5.24. The van der Waals surface area contributed by atoms with E-state index in [0.29, 0.717) is 24.2 Å². The standard InChI is InChI=1S/C23H27N3O6S/c1-15-6-12-20(13-7-15)33(30,31)26-14-4-5-21(26)23(29)32-16(2)22(28)25-19-10-8-18(9-11-19)24-17(3)27/h6-13,16,21H,4-5,14H2,1-3H3,(H,24,27)(H,25,28)/t16-,21+/m0/s1. The molecule has 10 heteroatoms. The number of carbonyl (C=O) groups is 3. The van der Waals surface area contributed by atoms with Crippen LogP contribution in [0.25, 0.3) is 0 Å². The molecule has 1 saturated heterocycles. The Bertz CT molecular complexity index is 1130. The second-order valence-electron chi connectivity index (χ2n) is 7.91. The third kappa shape index (κ3) is 5.96. The molecular weight excluding hydrogens is 446 g/mol. The van der Waals surface area contributed by atoms with E-state index in [0.717, 1.165) is 9.87 Å². The first-order chi connectivity index (χ1) is 15.6. The van der Waals surface area contributed by atoms with Gasteiger partial charge < -0.3 is 15.4 Å². The van der Waals surface area contributed by atoms with Gasteiger partial charge in [-0.05, 0) is 63.1 Å². The van der Waals surface area contributed by atoms with E-state index in [9.17, 15) is 22.8 Å². The van der Waals surface area contributed by atoms with E-state index in [1.165, 1.54) is 26.0 Å². The van der Waals surface area contributed by atoms with Crippen LogP contribution in [0.5, 0.6) is 0 Å². The number of hydrogen-bond donors (Lipinski definition) is 2. The van der Waals surface area contributed by atoms with E-state index in [-0.39, 0.29) is 17.3 Å². The van der Waals surface area contributed by atoms with Crippen molar-refractivity contribution < 1.29 is 27.5 Å². The normalized spacial score (nSPS) is 17.2. The molecule has 1 fully saturated rings. The maximum absolute atomic E-state index is 13.0. The van der Waals surface area contributed by atoms with Gasteiger partial charge in [-0.1, -0.05) is 17.7 Å². The summed E-state index contributed by atoms with van der Waals surface area (Å²) in [5, 5.41) is 5.25. The summed E-state index contributed by atoms with van der Waals surface area (Å²) < 4.78 is 32.5. The highest BCUT2D eigenvalue weighted by Crippen LogP contribution is 2.27. The second-order valence-corrected chi connectivity index (χ2v) is 9.80. The van der Waals surface area contributed by atoms with Crippen molar-refractivity contribution in [3.8, 4) is 0 Å². The predicted molar refractivity (Wildman–Crippen MR) is 123 cm³/mol. The van der Waals surface area contributed by atoms with Gasteiger partial charge in [0.1, 0.15) is 6.04 Å². The Hall–Kier alpha value is -3.24. The molecule has 176 valence electrons. The van der Waals surface area contributed by atoms with Crippen LogP contribution in [0.3, 0.4) is 0 Å². The zero-order valence-electron chi connectivity index (χ0n) is 18.7. The zero-order valence-corrected chi connectivity index (χ0v) is 19.5. The molecule has 0 aromatic heterocycles. The summed E-state index contributed by atoms with van der Waals surface area (Å²) in [5.74, 6) is -1.52. The number of sulfonamides is 1. The fourth-order valence-corrected chi connectivity index (χ4v) is 5.15. The predicted octanol–water partition coefficient (Wildman–Crippen LogP) is 2.68. The lowest BCUT2D eigenvalue weighted by Crippen LogP contribution is -2.43. The quantitative estimate of drug-likeness (QED) is 0.596. The van der Waals surface area contributed by atoms with Crippen LogP contribution in [0.1, 0.15) is 32.3 Å². The number of benzene rings is 2. The van der Waals surface area contributed by atoms with E-state index in [1.807, 2.05) is 6.92 Å². The number of aryl methyl sites for hydroxylation is 1. The fourth-order valence-electron chi connectivity index (χ4n) is 3.50. The Morgan fingerprint density at radius 1 is 1.00 bits per heavy atom. The number of carbonyl (C=O) groups excluding carboxylic acids is 3. The van der Waals surface area contributed by atoms with E-state index in [4.69, 9.17) is 4.74 Å². The Balaban J connectivity index is 1.62. The van der Waals surface area contributed by atoms with Crippen LogP contribution in [0.4, 0.5) is 11.4 Å². The highest BCUT2D eigenvalue weighted by atomic mass is 32.2. The zero-order chi connectivity index (χ0) is 24.2. The van der Waals surface area contributed by atoms with Gasteiger partial charge in [-0.2, -0.15) is 4.31 Å². The van der Waals surface area contributed by atoms with E-state index < -0.39 is 34.0 Å². The molecule has 0 aliphatic carbocycles. The SMILES string of the molecule is CC(=O)Nc1ccc(NC(=O)[C@H](C)OC(=O)[C@H]2CCCN2S(=O)(=O)c2ccc(C)cc2)cc1. The van der Waals surface area contributed by atoms with Gasteiger partial charge in [-0.25, -0.2) is 8.42 Å². The summed E-state index contributed by atoms with van der Waals surface area (Å²) in [6.45, 7) is 4.88. The number of hydrogen-bond acceptors (Lipinski definition) is 6. The van der Waals surface area contributed by atoms with Crippen molar-refractivity contribution >= 4 is 39.2 Å². The number of ether oxygens (including phenoxy) is 1. The van der Waals surface area contributed by atoms with Gasteiger partial charge in [0.2, 0.25) is 15.9 Å². The summed E-state index contributed by atoms with van der Waals surface area (Å²) >= 11 is 0. The molecule has 1 aliphatic rings. The maximum Gasteiger partial charge on any atom is 0.325 e. The Labute approximate surface area is 193 Å². The first kappa shape index (κ1) is 24.4. The second kappa shape index (κ2) is 10.1. The summed E-state index contributed by atoms with van der Waals surface area (Å²) in [5.41, 5.74) is 1.97. The Kier molecular flexibility index (Phi) is 7.50. The number of rotatable bonds is 7. The summed E-state index contributed by atoms with van der Waals surface area (Å²) in [7, 11) is -3.87. The molecule has 0 unspecified atom stereocenters. The van der Waals surface area contributed by atoms with Crippen LogP contribution >= 0.6 is 0 Å². The summed E-state index contributed by atoms with van der Waals surface area (Å²) in [6, 6.07) is 11.9. The van der Waals surface area contributed by atoms with Crippen molar-refractivity contribution in [2.45, 2.75) is 50.7 Å². The molecule has 3 rings (SSSR count). The van der Waals surface area contributed by atoms with Crippen LogP contribution in [0.2, 0.25) is 0 Å². The minimum absolute atomic E-state index is 0.112. The lowest BCUT2D eigenvalue weighted by Gasteiger charge is -2.24. The number of anilines is 2. The van der Waals surface area contributed by atoms with Crippen molar-refractivity contribution in [1.29, 1.82) is 0 Å². The van der Waals surface area contributed by atoms with Crippen LogP contribution < -0.4 is 10.6 Å². The average molecular weight is 474 g/mol. The first-order valence-corrected chi connectivity index (χ1v) is 12.0. The molecule has 1 aliphatic heterocycles. The minimum Gasteiger partial charge on any atom is -0.451 e. The van der Waals surface area contributed by atoms with Crippen LogP contribution in [-0.2, 0) is 29.1 Å². The Morgan fingerprint density at radius 2 is 1.58 bits per heavy atom. The molecule has 2 aromatic rings. The van der Waals surface area contributed by atoms with Gasteiger partial charge >= 0.3 is 5.97 Å². The fraction of sp³-hybridized carbons (Fsp3) is 0.348. The van der Waals surface area contributed by atoms with Crippen LogP contribution in [-0.4, -0.2) is 49.2 Å². The van der Waals surface area contributed by atoms with Crippen molar-refractivity contribution in [2.24, 2.45) is 0 Å². The highest BCUT2D eigenvalue weighted by Gasteiger charge is 2.41. The Morgan fingerprint density at radius 3 is 2.15 bits per heavy atom. The van der Waals surface area contributed by atoms with Gasteiger partial charge in [0.15, 0.2) is 6.10 Å². The molecule has 2 aromatic carbocycles. The van der Waals surface area contributed by atoms with E-state index >= 15 is 0 Å². The van der Waals surface area contributed by atoms with Gasteiger partial charge in [-0.3, -0.25) is 14.4 Å². The van der Waals surface area contributed by atoms with E-state index in [1.54, 1.807) is 36.4 Å². The van der Waals surface area contributed by atoms with Crippen molar-refractivity contribution in [1.82, 2.24) is 4.31 Å². The molecular formula is C23H27N3O6S. The largest absolute Gasteiger partial charge is 0.451 e. The molecule has 0 saturated carbocycles. The minimum atomic E-state index is -3.87. The van der Waals surface area contributed by atoms with Gasteiger partial charge in [0.25, 0.3) is 5.91 Å². The lowest BCUT2D eigenvalue weighted by atomic mass is 10.2. The molecule has 0 radical (unpaired) electrons. The molecule has 1 heterocycles. The molecule has 9 nitrogen and oxygen atoms in total. The van der Waals surface area contributed by atoms with Gasteiger partial charge in [-0.15, -0.1) is 0 Å². The number of nitrogens with zero attached hydrogens (tertiary/aromatic N) is 1. The van der Waals surface area contributed by atoms with Crippen LogP contribution in [0, 0.1) is 6.92 Å². The molecule has 2 atom stereocenters. The molecule has 0 bridgehead atoms. The number of amides is 2. The van der Waals surface area contributed by atoms with Crippen LogP contribution in [0.15, 0.2) is 53.4 Å².